The van der Waals surface area contributed by atoms with Crippen LogP contribution in [0.25, 0.3) is 0 Å². The molecule has 200 valence electrons. The van der Waals surface area contributed by atoms with Gasteiger partial charge in [-0.25, -0.2) is 8.42 Å². The molecule has 2 aromatic carbocycles. The van der Waals surface area contributed by atoms with E-state index in [4.69, 9.17) is 15.5 Å². The number of pyridine rings is 1. The van der Waals surface area contributed by atoms with Crippen LogP contribution in [0.1, 0.15) is 57.7 Å². The Kier molecular flexibility index (Phi) is 7.90. The maximum atomic E-state index is 13.0. The predicted molar refractivity (Wildman–Crippen MR) is 145 cm³/mol. The van der Waals surface area contributed by atoms with Gasteiger partial charge in [-0.2, -0.15) is 0 Å². The van der Waals surface area contributed by atoms with Crippen molar-refractivity contribution in [2.75, 3.05) is 19.0 Å². The van der Waals surface area contributed by atoms with E-state index in [1.54, 1.807) is 37.4 Å². The summed E-state index contributed by atoms with van der Waals surface area (Å²) in [5, 5.41) is 2.93. The number of nitrogens with zero attached hydrogens (tertiary/aromatic N) is 2. The van der Waals surface area contributed by atoms with Crippen molar-refractivity contribution in [2.45, 2.75) is 50.5 Å². The van der Waals surface area contributed by atoms with Gasteiger partial charge in [0.1, 0.15) is 0 Å². The summed E-state index contributed by atoms with van der Waals surface area (Å²) in [4.78, 5) is 20.5. The molecule has 0 saturated carbocycles. The molecule has 0 radical (unpaired) electrons. The van der Waals surface area contributed by atoms with Crippen LogP contribution < -0.4 is 11.1 Å². The molecule has 1 aromatic heterocycles. The van der Waals surface area contributed by atoms with Crippen LogP contribution in [0.3, 0.4) is 0 Å². The monoisotopic (exact) mass is 534 g/mol. The molecule has 3 N–H and O–H groups in total. The number of carbonyl (C=O) groups is 1. The van der Waals surface area contributed by atoms with Gasteiger partial charge >= 0.3 is 0 Å². The number of aromatic nitrogens is 1. The van der Waals surface area contributed by atoms with Gasteiger partial charge in [0.2, 0.25) is 0 Å². The molecule has 1 amide bonds. The normalized spacial score (nSPS) is 19.4. The summed E-state index contributed by atoms with van der Waals surface area (Å²) >= 11 is 0. The van der Waals surface area contributed by atoms with Crippen LogP contribution in [0, 0.1) is 5.92 Å². The van der Waals surface area contributed by atoms with Crippen molar-refractivity contribution < 1.29 is 17.9 Å². The maximum Gasteiger partial charge on any atom is 0.253 e. The van der Waals surface area contributed by atoms with Crippen molar-refractivity contribution in [1.82, 2.24) is 15.2 Å². The van der Waals surface area contributed by atoms with Gasteiger partial charge in [0.05, 0.1) is 34.6 Å². The van der Waals surface area contributed by atoms with E-state index in [2.05, 4.69) is 34.5 Å². The molecule has 8 nitrogen and oxygen atoms in total. The molecule has 0 aliphatic carbocycles. The lowest BCUT2D eigenvalue weighted by Gasteiger charge is -2.28. The standard InChI is InChI=1S/C29H34N4O4S/c1-2-38(35,36)26-9-7-21(8-10-26)15-32-29(34)24-13-25-18-33(17-22-5-3-20(14-30)4-6-22)28(27(25)31-16-24)23-11-12-37-19-23/h3-10,13,16,23,28H,2,11-12,14-15,17-19,30H2,1H3,(H,32,34)/t23-,28-/m1/s1. The summed E-state index contributed by atoms with van der Waals surface area (Å²) in [7, 11) is -3.25. The largest absolute Gasteiger partial charge is 0.381 e. The smallest absolute Gasteiger partial charge is 0.253 e. The molecule has 2 aliphatic rings. The zero-order chi connectivity index (χ0) is 26.7. The van der Waals surface area contributed by atoms with Crippen molar-refractivity contribution in [3.63, 3.8) is 0 Å². The Morgan fingerprint density at radius 3 is 2.47 bits per heavy atom. The van der Waals surface area contributed by atoms with Crippen molar-refractivity contribution in [2.24, 2.45) is 11.7 Å². The molecule has 2 aliphatic heterocycles. The van der Waals surface area contributed by atoms with Crippen LogP contribution in [-0.2, 0) is 40.8 Å². The van der Waals surface area contributed by atoms with Gasteiger partial charge in [-0.1, -0.05) is 43.3 Å². The van der Waals surface area contributed by atoms with Gasteiger partial charge in [-0.3, -0.25) is 14.7 Å². The summed E-state index contributed by atoms with van der Waals surface area (Å²) in [6.45, 7) is 5.44. The maximum absolute atomic E-state index is 13.0. The average Bonchev–Trinajstić information content (AvgIpc) is 3.59. The SMILES string of the molecule is CCS(=O)(=O)c1ccc(CNC(=O)c2cnc3c(c2)CN(Cc2ccc(CN)cc2)[C@@H]3[C@@H]2CCOC2)cc1. The number of hydrogen-bond acceptors (Lipinski definition) is 7. The number of nitrogens with two attached hydrogens (primary N) is 1. The number of sulfone groups is 1. The minimum atomic E-state index is -3.25. The minimum Gasteiger partial charge on any atom is -0.381 e. The zero-order valence-corrected chi connectivity index (χ0v) is 22.4. The third-order valence-corrected chi connectivity index (χ3v) is 9.23. The van der Waals surface area contributed by atoms with Crippen molar-refractivity contribution in [1.29, 1.82) is 0 Å². The van der Waals surface area contributed by atoms with Gasteiger partial charge in [-0.05, 0) is 46.9 Å². The van der Waals surface area contributed by atoms with E-state index in [1.807, 2.05) is 6.07 Å². The highest BCUT2D eigenvalue weighted by Gasteiger charge is 2.39. The molecule has 1 fully saturated rings. The molecule has 0 unspecified atom stereocenters. The lowest BCUT2D eigenvalue weighted by atomic mass is 9.95. The highest BCUT2D eigenvalue weighted by molar-refractivity contribution is 7.91. The minimum absolute atomic E-state index is 0.0566. The molecule has 5 rings (SSSR count). The van der Waals surface area contributed by atoms with Gasteiger partial charge in [0, 0.05) is 44.9 Å². The molecule has 0 spiro atoms. The lowest BCUT2D eigenvalue weighted by Crippen LogP contribution is -2.28. The fourth-order valence-electron chi connectivity index (χ4n) is 5.29. The Balaban J connectivity index is 1.29. The number of amides is 1. The van der Waals surface area contributed by atoms with E-state index in [9.17, 15) is 13.2 Å². The zero-order valence-electron chi connectivity index (χ0n) is 21.6. The summed E-state index contributed by atoms with van der Waals surface area (Å²) < 4.78 is 29.8. The number of fused-ring (bicyclic) bond motifs is 1. The summed E-state index contributed by atoms with van der Waals surface area (Å²) in [6, 6.07) is 17.1. The van der Waals surface area contributed by atoms with Gasteiger partial charge < -0.3 is 15.8 Å². The number of hydrogen-bond donors (Lipinski definition) is 2. The Hall–Kier alpha value is -3.11. The second-order valence-electron chi connectivity index (χ2n) is 9.99. The van der Waals surface area contributed by atoms with Crippen molar-refractivity contribution >= 4 is 15.7 Å². The van der Waals surface area contributed by atoms with E-state index in [-0.39, 0.29) is 17.7 Å². The molecule has 0 bridgehead atoms. The average molecular weight is 535 g/mol. The first kappa shape index (κ1) is 26.5. The topological polar surface area (TPSA) is 115 Å². The first-order valence-corrected chi connectivity index (χ1v) is 14.7. The Morgan fingerprint density at radius 2 is 1.82 bits per heavy atom. The molecule has 9 heteroatoms. The molecule has 1 saturated heterocycles. The van der Waals surface area contributed by atoms with Crippen LogP contribution in [0.2, 0.25) is 0 Å². The van der Waals surface area contributed by atoms with Crippen LogP contribution in [0.15, 0.2) is 65.7 Å². The number of ether oxygens (including phenoxy) is 1. The molecular formula is C29H34N4O4S. The second kappa shape index (κ2) is 11.3. The predicted octanol–water partition coefficient (Wildman–Crippen LogP) is 3.36. The quantitative estimate of drug-likeness (QED) is 0.433. The molecular weight excluding hydrogens is 500 g/mol. The Bertz CT molecular complexity index is 1390. The van der Waals surface area contributed by atoms with Crippen LogP contribution in [0.4, 0.5) is 0 Å². The third kappa shape index (κ3) is 5.66. The third-order valence-electron chi connectivity index (χ3n) is 7.48. The molecule has 2 atom stereocenters. The van der Waals surface area contributed by atoms with Crippen LogP contribution >= 0.6 is 0 Å². The van der Waals surface area contributed by atoms with E-state index in [1.165, 1.54) is 5.56 Å². The molecule has 38 heavy (non-hydrogen) atoms. The van der Waals surface area contributed by atoms with Crippen LogP contribution in [-0.4, -0.2) is 43.2 Å². The molecule has 3 heterocycles. The summed E-state index contributed by atoms with van der Waals surface area (Å²) in [5.41, 5.74) is 11.5. The number of rotatable bonds is 9. The fourth-order valence-corrected chi connectivity index (χ4v) is 6.17. The van der Waals surface area contributed by atoms with Crippen LogP contribution in [0.5, 0.6) is 0 Å². The second-order valence-corrected chi connectivity index (χ2v) is 12.3. The first-order valence-electron chi connectivity index (χ1n) is 13.1. The Morgan fingerprint density at radius 1 is 1.11 bits per heavy atom. The number of nitrogens with one attached hydrogen (secondary N) is 1. The number of carbonyl (C=O) groups excluding carboxylic acids is 1. The van der Waals surface area contributed by atoms with Crippen molar-refractivity contribution in [3.8, 4) is 0 Å². The van der Waals surface area contributed by atoms with E-state index < -0.39 is 9.84 Å². The summed E-state index contributed by atoms with van der Waals surface area (Å²) in [5.74, 6) is 0.217. The molecule has 3 aromatic rings. The first-order chi connectivity index (χ1) is 18.4. The fraction of sp³-hybridized carbons (Fsp3) is 0.379. The number of benzene rings is 2. The Labute approximate surface area is 224 Å². The van der Waals surface area contributed by atoms with Gasteiger partial charge in [0.25, 0.3) is 5.91 Å². The highest BCUT2D eigenvalue weighted by Crippen LogP contribution is 2.41. The van der Waals surface area contributed by atoms with E-state index in [0.29, 0.717) is 29.5 Å². The highest BCUT2D eigenvalue weighted by atomic mass is 32.2. The van der Waals surface area contributed by atoms with E-state index >= 15 is 0 Å². The van der Waals surface area contributed by atoms with Gasteiger partial charge in [-0.15, -0.1) is 0 Å². The van der Waals surface area contributed by atoms with E-state index in [0.717, 1.165) is 55.1 Å². The van der Waals surface area contributed by atoms with Crippen molar-refractivity contribution in [3.05, 3.63) is 94.3 Å². The summed E-state index contributed by atoms with van der Waals surface area (Å²) in [6.07, 6.45) is 2.66. The lowest BCUT2D eigenvalue weighted by molar-refractivity contribution is 0.0950. The van der Waals surface area contributed by atoms with Gasteiger partial charge in [0.15, 0.2) is 9.84 Å².